The number of ether oxygens (including phenoxy) is 1. The topological polar surface area (TPSA) is 64.3 Å². The summed E-state index contributed by atoms with van der Waals surface area (Å²) in [6.07, 6.45) is 0.530. The Morgan fingerprint density at radius 2 is 1.80 bits per heavy atom. The SMILES string of the molecule is CC1CN(c2ccc(-c3nnc(N)s3)cc2)CC(C)O1. The molecule has 1 aliphatic rings. The van der Waals surface area contributed by atoms with Crippen molar-refractivity contribution in [2.45, 2.75) is 26.1 Å². The van der Waals surface area contributed by atoms with Crippen molar-refractivity contribution in [1.82, 2.24) is 10.2 Å². The van der Waals surface area contributed by atoms with Crippen molar-refractivity contribution in [3.05, 3.63) is 24.3 Å². The molecular formula is C14H18N4OS. The molecule has 1 fully saturated rings. The lowest BCUT2D eigenvalue weighted by molar-refractivity contribution is -0.00521. The number of nitrogens with two attached hydrogens (primary N) is 1. The smallest absolute Gasteiger partial charge is 0.203 e. The van der Waals surface area contributed by atoms with Crippen molar-refractivity contribution < 1.29 is 4.74 Å². The van der Waals surface area contributed by atoms with Gasteiger partial charge < -0.3 is 15.4 Å². The molecule has 1 aromatic carbocycles. The third-order valence-electron chi connectivity index (χ3n) is 3.34. The predicted molar refractivity (Wildman–Crippen MR) is 82.0 cm³/mol. The zero-order valence-corrected chi connectivity index (χ0v) is 12.4. The molecule has 0 aliphatic carbocycles. The Hall–Kier alpha value is -1.66. The Kier molecular flexibility index (Phi) is 3.58. The number of morpholine rings is 1. The number of hydrogen-bond acceptors (Lipinski definition) is 6. The minimum Gasteiger partial charge on any atom is -0.374 e. The summed E-state index contributed by atoms with van der Waals surface area (Å²) in [5.41, 5.74) is 7.89. The summed E-state index contributed by atoms with van der Waals surface area (Å²) in [5.74, 6) is 0. The number of hydrogen-bond donors (Lipinski definition) is 1. The molecule has 3 rings (SSSR count). The first-order chi connectivity index (χ1) is 9.61. The fourth-order valence-electron chi connectivity index (χ4n) is 2.55. The van der Waals surface area contributed by atoms with E-state index in [4.69, 9.17) is 10.5 Å². The number of anilines is 2. The fourth-order valence-corrected chi connectivity index (χ4v) is 3.17. The first kappa shape index (κ1) is 13.3. The maximum atomic E-state index is 5.76. The molecule has 20 heavy (non-hydrogen) atoms. The molecule has 0 amide bonds. The summed E-state index contributed by atoms with van der Waals surface area (Å²) in [7, 11) is 0. The van der Waals surface area contributed by atoms with E-state index in [1.165, 1.54) is 17.0 Å². The zero-order valence-electron chi connectivity index (χ0n) is 11.6. The molecule has 0 radical (unpaired) electrons. The average Bonchev–Trinajstić information content (AvgIpc) is 2.84. The van der Waals surface area contributed by atoms with Gasteiger partial charge in [-0.15, -0.1) is 10.2 Å². The van der Waals surface area contributed by atoms with E-state index in [1.807, 2.05) is 0 Å². The van der Waals surface area contributed by atoms with E-state index in [0.29, 0.717) is 5.13 Å². The fraction of sp³-hybridized carbons (Fsp3) is 0.429. The quantitative estimate of drug-likeness (QED) is 0.920. The number of benzene rings is 1. The van der Waals surface area contributed by atoms with Crippen LogP contribution >= 0.6 is 11.3 Å². The van der Waals surface area contributed by atoms with Gasteiger partial charge in [0.25, 0.3) is 0 Å². The third kappa shape index (κ3) is 2.76. The molecule has 106 valence electrons. The van der Waals surface area contributed by atoms with Crippen molar-refractivity contribution in [3.8, 4) is 10.6 Å². The zero-order chi connectivity index (χ0) is 14.1. The average molecular weight is 290 g/mol. The van der Waals surface area contributed by atoms with Gasteiger partial charge in [0.05, 0.1) is 12.2 Å². The largest absolute Gasteiger partial charge is 0.374 e. The van der Waals surface area contributed by atoms with Gasteiger partial charge in [-0.25, -0.2) is 0 Å². The van der Waals surface area contributed by atoms with Crippen LogP contribution in [0.4, 0.5) is 10.8 Å². The summed E-state index contributed by atoms with van der Waals surface area (Å²) in [5, 5.41) is 9.27. The summed E-state index contributed by atoms with van der Waals surface area (Å²) >= 11 is 1.41. The van der Waals surface area contributed by atoms with Gasteiger partial charge in [0.15, 0.2) is 0 Å². The standard InChI is InChI=1S/C14H18N4OS/c1-9-7-18(8-10(2)19-9)12-5-3-11(4-6-12)13-16-17-14(15)20-13/h3-6,9-10H,7-8H2,1-2H3,(H2,15,17). The van der Waals surface area contributed by atoms with Crippen LogP contribution in [0.15, 0.2) is 24.3 Å². The Morgan fingerprint density at radius 1 is 1.15 bits per heavy atom. The first-order valence-electron chi connectivity index (χ1n) is 6.71. The number of aromatic nitrogens is 2. The molecule has 1 saturated heterocycles. The maximum Gasteiger partial charge on any atom is 0.203 e. The van der Waals surface area contributed by atoms with Gasteiger partial charge in [-0.1, -0.05) is 11.3 Å². The first-order valence-corrected chi connectivity index (χ1v) is 7.53. The summed E-state index contributed by atoms with van der Waals surface area (Å²) in [4.78, 5) is 2.36. The van der Waals surface area contributed by atoms with Crippen LogP contribution in [0.3, 0.4) is 0 Å². The number of rotatable bonds is 2. The molecular weight excluding hydrogens is 272 g/mol. The number of nitrogens with zero attached hydrogens (tertiary/aromatic N) is 3. The molecule has 2 heterocycles. The predicted octanol–water partition coefficient (Wildman–Crippen LogP) is 2.40. The lowest BCUT2D eigenvalue weighted by Gasteiger charge is -2.36. The lowest BCUT2D eigenvalue weighted by atomic mass is 10.1. The molecule has 1 aliphatic heterocycles. The Morgan fingerprint density at radius 3 is 2.35 bits per heavy atom. The highest BCUT2D eigenvalue weighted by Gasteiger charge is 2.22. The third-order valence-corrected chi connectivity index (χ3v) is 4.14. The van der Waals surface area contributed by atoms with E-state index in [1.54, 1.807) is 0 Å². The van der Waals surface area contributed by atoms with Gasteiger partial charge in [-0.2, -0.15) is 0 Å². The second kappa shape index (κ2) is 5.38. The summed E-state index contributed by atoms with van der Waals surface area (Å²) in [6, 6.07) is 8.38. The van der Waals surface area contributed by atoms with Gasteiger partial charge in [0.1, 0.15) is 5.01 Å². The highest BCUT2D eigenvalue weighted by atomic mass is 32.1. The minimum absolute atomic E-state index is 0.265. The Labute approximate surface area is 122 Å². The Bertz CT molecular complexity index is 573. The van der Waals surface area contributed by atoms with Crippen LogP contribution in [0.5, 0.6) is 0 Å². The van der Waals surface area contributed by atoms with Crippen LogP contribution < -0.4 is 10.6 Å². The molecule has 6 heteroatoms. The molecule has 0 bridgehead atoms. The second-order valence-corrected chi connectivity index (χ2v) is 6.16. The number of nitrogen functional groups attached to an aromatic ring is 1. The maximum absolute atomic E-state index is 5.76. The van der Waals surface area contributed by atoms with Gasteiger partial charge >= 0.3 is 0 Å². The monoisotopic (exact) mass is 290 g/mol. The molecule has 2 N–H and O–H groups in total. The van der Waals surface area contributed by atoms with Crippen molar-refractivity contribution in [1.29, 1.82) is 0 Å². The molecule has 0 spiro atoms. The van der Waals surface area contributed by atoms with Gasteiger partial charge in [0.2, 0.25) is 5.13 Å². The van der Waals surface area contributed by atoms with Gasteiger partial charge in [0, 0.05) is 24.3 Å². The molecule has 1 aromatic heterocycles. The van der Waals surface area contributed by atoms with E-state index in [2.05, 4.69) is 53.2 Å². The molecule has 2 atom stereocenters. The van der Waals surface area contributed by atoms with Crippen LogP contribution in [-0.4, -0.2) is 35.5 Å². The minimum atomic E-state index is 0.265. The van der Waals surface area contributed by atoms with Crippen molar-refractivity contribution in [2.75, 3.05) is 23.7 Å². The molecule has 0 saturated carbocycles. The van der Waals surface area contributed by atoms with Crippen LogP contribution in [0, 0.1) is 0 Å². The van der Waals surface area contributed by atoms with Crippen molar-refractivity contribution in [2.24, 2.45) is 0 Å². The van der Waals surface area contributed by atoms with Crippen molar-refractivity contribution in [3.63, 3.8) is 0 Å². The van der Waals surface area contributed by atoms with E-state index in [9.17, 15) is 0 Å². The normalized spacial score (nSPS) is 23.0. The summed E-state index contributed by atoms with van der Waals surface area (Å²) in [6.45, 7) is 6.08. The molecule has 2 unspecified atom stereocenters. The van der Waals surface area contributed by atoms with Crippen LogP contribution in [0.25, 0.3) is 10.6 Å². The Balaban J connectivity index is 1.79. The van der Waals surface area contributed by atoms with E-state index in [-0.39, 0.29) is 12.2 Å². The van der Waals surface area contributed by atoms with E-state index < -0.39 is 0 Å². The van der Waals surface area contributed by atoms with E-state index in [0.717, 1.165) is 23.7 Å². The van der Waals surface area contributed by atoms with Crippen LogP contribution in [-0.2, 0) is 4.74 Å². The lowest BCUT2D eigenvalue weighted by Crippen LogP contribution is -2.45. The van der Waals surface area contributed by atoms with Gasteiger partial charge in [-0.3, -0.25) is 0 Å². The highest BCUT2D eigenvalue weighted by molar-refractivity contribution is 7.18. The summed E-state index contributed by atoms with van der Waals surface area (Å²) < 4.78 is 5.76. The molecule has 5 nitrogen and oxygen atoms in total. The van der Waals surface area contributed by atoms with Crippen LogP contribution in [0.1, 0.15) is 13.8 Å². The van der Waals surface area contributed by atoms with E-state index >= 15 is 0 Å². The second-order valence-electron chi connectivity index (χ2n) is 5.15. The highest BCUT2D eigenvalue weighted by Crippen LogP contribution is 2.27. The van der Waals surface area contributed by atoms with Crippen LogP contribution in [0.2, 0.25) is 0 Å². The van der Waals surface area contributed by atoms with Gasteiger partial charge in [-0.05, 0) is 38.1 Å². The van der Waals surface area contributed by atoms with Crippen molar-refractivity contribution >= 4 is 22.2 Å². The molecule has 2 aromatic rings.